The van der Waals surface area contributed by atoms with Gasteiger partial charge < -0.3 is 14.2 Å². The van der Waals surface area contributed by atoms with Gasteiger partial charge >= 0.3 is 0 Å². The zero-order chi connectivity index (χ0) is 13.1. The summed E-state index contributed by atoms with van der Waals surface area (Å²) >= 11 is 0. The lowest BCUT2D eigenvalue weighted by Gasteiger charge is -2.19. The molecular weight excluding hydrogens is 240 g/mol. The van der Waals surface area contributed by atoms with Gasteiger partial charge in [0.25, 0.3) is 0 Å². The van der Waals surface area contributed by atoms with E-state index >= 15 is 0 Å². The van der Waals surface area contributed by atoms with Gasteiger partial charge in [0.1, 0.15) is 6.10 Å². The summed E-state index contributed by atoms with van der Waals surface area (Å²) in [7, 11) is 1.65. The minimum absolute atomic E-state index is 0.0856. The van der Waals surface area contributed by atoms with Crippen LogP contribution in [0.5, 0.6) is 11.5 Å². The molecule has 1 saturated heterocycles. The molecule has 0 aliphatic carbocycles. The minimum Gasteiger partial charge on any atom is -0.493 e. The van der Waals surface area contributed by atoms with Crippen LogP contribution in [0.2, 0.25) is 0 Å². The topological polar surface area (TPSA) is 31.0 Å². The van der Waals surface area contributed by atoms with E-state index < -0.39 is 0 Å². The van der Waals surface area contributed by atoms with Crippen LogP contribution in [-0.4, -0.2) is 19.8 Å². The fraction of sp³-hybridized carbons (Fsp3) is 0.250. The number of epoxide rings is 1. The van der Waals surface area contributed by atoms with E-state index in [-0.39, 0.29) is 12.2 Å². The molecule has 1 fully saturated rings. The first-order valence-electron chi connectivity index (χ1n) is 6.34. The van der Waals surface area contributed by atoms with Crippen LogP contribution in [0.4, 0.5) is 0 Å². The van der Waals surface area contributed by atoms with Crippen molar-refractivity contribution < 1.29 is 14.2 Å². The first-order valence-corrected chi connectivity index (χ1v) is 6.34. The van der Waals surface area contributed by atoms with Gasteiger partial charge in [0.05, 0.1) is 13.7 Å². The quantitative estimate of drug-likeness (QED) is 0.770. The predicted molar refractivity (Wildman–Crippen MR) is 72.5 cm³/mol. The van der Waals surface area contributed by atoms with Crippen molar-refractivity contribution in [2.45, 2.75) is 12.2 Å². The molecule has 0 spiro atoms. The van der Waals surface area contributed by atoms with Gasteiger partial charge in [-0.25, -0.2) is 0 Å². The van der Waals surface area contributed by atoms with Crippen molar-refractivity contribution in [1.29, 1.82) is 0 Å². The summed E-state index contributed by atoms with van der Waals surface area (Å²) in [6.07, 6.45) is 0.0461. The Morgan fingerprint density at radius 3 is 2.26 bits per heavy atom. The van der Waals surface area contributed by atoms with Crippen molar-refractivity contribution in [3.63, 3.8) is 0 Å². The Hall–Kier alpha value is -2.00. The van der Waals surface area contributed by atoms with E-state index in [0.717, 1.165) is 23.7 Å². The molecule has 98 valence electrons. The van der Waals surface area contributed by atoms with Gasteiger partial charge in [-0.05, 0) is 17.7 Å². The molecular formula is C16H16O3. The van der Waals surface area contributed by atoms with Crippen molar-refractivity contribution in [3.8, 4) is 11.5 Å². The molecule has 0 radical (unpaired) electrons. The van der Waals surface area contributed by atoms with Gasteiger partial charge in [-0.3, -0.25) is 0 Å². The van der Waals surface area contributed by atoms with E-state index in [9.17, 15) is 0 Å². The predicted octanol–water partition coefficient (Wildman–Crippen LogP) is 3.21. The van der Waals surface area contributed by atoms with Gasteiger partial charge in [-0.1, -0.05) is 42.5 Å². The Balaban J connectivity index is 1.86. The number of para-hydroxylation sites is 2. The summed E-state index contributed by atoms with van der Waals surface area (Å²) in [5, 5.41) is 0. The lowest BCUT2D eigenvalue weighted by molar-refractivity contribution is 0.156. The van der Waals surface area contributed by atoms with E-state index in [1.165, 1.54) is 0 Å². The molecule has 3 nitrogen and oxygen atoms in total. The largest absolute Gasteiger partial charge is 0.493 e. The Labute approximate surface area is 112 Å². The molecule has 0 aromatic heterocycles. The zero-order valence-electron chi connectivity index (χ0n) is 10.8. The third-order valence-corrected chi connectivity index (χ3v) is 3.15. The van der Waals surface area contributed by atoms with Gasteiger partial charge in [0, 0.05) is 0 Å². The molecule has 0 amide bonds. The van der Waals surface area contributed by atoms with Gasteiger partial charge in [0.2, 0.25) is 0 Å². The first-order chi connectivity index (χ1) is 9.38. The van der Waals surface area contributed by atoms with E-state index in [1.807, 2.05) is 42.5 Å². The van der Waals surface area contributed by atoms with Crippen LogP contribution in [0.1, 0.15) is 11.7 Å². The van der Waals surface area contributed by atoms with Crippen molar-refractivity contribution in [2.24, 2.45) is 0 Å². The molecule has 2 atom stereocenters. The number of hydrogen-bond acceptors (Lipinski definition) is 3. The zero-order valence-corrected chi connectivity index (χ0v) is 10.8. The summed E-state index contributed by atoms with van der Waals surface area (Å²) < 4.78 is 16.8. The van der Waals surface area contributed by atoms with Crippen LogP contribution in [0.15, 0.2) is 54.6 Å². The van der Waals surface area contributed by atoms with Crippen molar-refractivity contribution in [2.75, 3.05) is 13.7 Å². The summed E-state index contributed by atoms with van der Waals surface area (Å²) in [5.41, 5.74) is 1.12. The van der Waals surface area contributed by atoms with Crippen molar-refractivity contribution in [3.05, 3.63) is 60.2 Å². The molecule has 19 heavy (non-hydrogen) atoms. The average Bonchev–Trinajstić information content (AvgIpc) is 3.30. The fourth-order valence-electron chi connectivity index (χ4n) is 2.08. The summed E-state index contributed by atoms with van der Waals surface area (Å²) in [6, 6.07) is 17.8. The standard InChI is InChI=1S/C16H16O3/c1-17-13-9-5-6-10-14(13)19-16(15-11-18-15)12-7-3-2-4-8-12/h2-10,15-16H,11H2,1H3. The Morgan fingerprint density at radius 1 is 1.00 bits per heavy atom. The van der Waals surface area contributed by atoms with Gasteiger partial charge in [-0.2, -0.15) is 0 Å². The molecule has 1 aliphatic rings. The highest BCUT2D eigenvalue weighted by Crippen LogP contribution is 2.36. The number of methoxy groups -OCH3 is 1. The number of hydrogen-bond donors (Lipinski definition) is 0. The molecule has 3 heteroatoms. The smallest absolute Gasteiger partial charge is 0.162 e. The van der Waals surface area contributed by atoms with E-state index in [2.05, 4.69) is 12.1 Å². The molecule has 0 N–H and O–H groups in total. The SMILES string of the molecule is COc1ccccc1OC(c1ccccc1)C1CO1. The van der Waals surface area contributed by atoms with Crippen LogP contribution in [0, 0.1) is 0 Å². The molecule has 1 aliphatic heterocycles. The highest BCUT2D eigenvalue weighted by Gasteiger charge is 2.36. The third kappa shape index (κ3) is 2.71. The number of benzene rings is 2. The molecule has 0 saturated carbocycles. The second-order valence-electron chi connectivity index (χ2n) is 4.47. The van der Waals surface area contributed by atoms with Crippen LogP contribution >= 0.6 is 0 Å². The Bertz CT molecular complexity index is 535. The number of ether oxygens (including phenoxy) is 3. The van der Waals surface area contributed by atoms with Gasteiger partial charge in [-0.15, -0.1) is 0 Å². The first kappa shape index (κ1) is 12.1. The molecule has 1 heterocycles. The minimum atomic E-state index is -0.0856. The highest BCUT2D eigenvalue weighted by molar-refractivity contribution is 5.40. The maximum atomic E-state index is 6.10. The van der Waals surface area contributed by atoms with E-state index in [1.54, 1.807) is 7.11 Å². The van der Waals surface area contributed by atoms with E-state index in [0.29, 0.717) is 0 Å². The maximum Gasteiger partial charge on any atom is 0.162 e. The van der Waals surface area contributed by atoms with Crippen LogP contribution in [0.3, 0.4) is 0 Å². The number of rotatable bonds is 5. The summed E-state index contributed by atoms with van der Waals surface area (Å²) in [6.45, 7) is 0.745. The summed E-state index contributed by atoms with van der Waals surface area (Å²) in [5.74, 6) is 1.48. The normalized spacial score (nSPS) is 18.7. The Morgan fingerprint density at radius 2 is 1.63 bits per heavy atom. The molecule has 2 unspecified atom stereocenters. The fourth-order valence-corrected chi connectivity index (χ4v) is 2.08. The molecule has 2 aromatic rings. The second kappa shape index (κ2) is 5.33. The second-order valence-corrected chi connectivity index (χ2v) is 4.47. The van der Waals surface area contributed by atoms with Gasteiger partial charge in [0.15, 0.2) is 17.6 Å². The lowest BCUT2D eigenvalue weighted by atomic mass is 10.1. The van der Waals surface area contributed by atoms with Crippen molar-refractivity contribution >= 4 is 0 Å². The van der Waals surface area contributed by atoms with Crippen LogP contribution in [-0.2, 0) is 4.74 Å². The Kier molecular flexibility index (Phi) is 3.38. The molecule has 3 rings (SSSR count). The highest BCUT2D eigenvalue weighted by atomic mass is 16.6. The summed E-state index contributed by atoms with van der Waals surface area (Å²) in [4.78, 5) is 0. The lowest BCUT2D eigenvalue weighted by Crippen LogP contribution is -2.14. The molecule has 2 aromatic carbocycles. The van der Waals surface area contributed by atoms with Crippen LogP contribution in [0.25, 0.3) is 0 Å². The van der Waals surface area contributed by atoms with Crippen molar-refractivity contribution in [1.82, 2.24) is 0 Å². The third-order valence-electron chi connectivity index (χ3n) is 3.15. The van der Waals surface area contributed by atoms with E-state index in [4.69, 9.17) is 14.2 Å². The average molecular weight is 256 g/mol. The monoisotopic (exact) mass is 256 g/mol. The molecule has 0 bridgehead atoms. The maximum absolute atomic E-state index is 6.10. The van der Waals surface area contributed by atoms with Crippen LogP contribution < -0.4 is 9.47 Å².